The first-order valence-electron chi connectivity index (χ1n) is 29.8. The van der Waals surface area contributed by atoms with E-state index in [9.17, 15) is 66.4 Å². The predicted molar refractivity (Wildman–Crippen MR) is 316 cm³/mol. The summed E-state index contributed by atoms with van der Waals surface area (Å²) in [6.45, 7) is 2.02. The third kappa shape index (κ3) is 54.0. The second kappa shape index (κ2) is 70.7. The van der Waals surface area contributed by atoms with Crippen molar-refractivity contribution in [2.75, 3.05) is 39.6 Å². The van der Waals surface area contributed by atoms with Crippen LogP contribution in [0.3, 0.4) is 0 Å². The van der Waals surface area contributed by atoms with Crippen LogP contribution in [0, 0.1) is 52.1 Å². The fourth-order valence-electron chi connectivity index (χ4n) is 9.94. The van der Waals surface area contributed by atoms with Gasteiger partial charge in [-0.3, -0.25) is 18.2 Å². The van der Waals surface area contributed by atoms with Gasteiger partial charge in [-0.05, 0) is 50.2 Å². The minimum atomic E-state index is -4.92. The average Bonchev–Trinajstić information content (AvgIpc) is 0.796. The van der Waals surface area contributed by atoms with Crippen molar-refractivity contribution in [3.8, 4) is 0 Å². The van der Waals surface area contributed by atoms with Gasteiger partial charge in [-0.1, -0.05) is 48.6 Å². The maximum atomic E-state index is 11.3. The molecule has 8 fully saturated rings. The van der Waals surface area contributed by atoms with Gasteiger partial charge in [-0.15, -0.1) is 0 Å². The fourth-order valence-corrected chi connectivity index (χ4v) is 9.94. The molecule has 115 heavy (non-hydrogen) atoms. The molecule has 0 aromatic rings. The van der Waals surface area contributed by atoms with Crippen molar-refractivity contribution in [1.82, 2.24) is 0 Å². The Hall–Kier alpha value is 10.1. The van der Waals surface area contributed by atoms with E-state index in [0.29, 0.717) is 13.2 Å². The minimum Gasteiger partial charge on any atom is -0.726 e. The first-order chi connectivity index (χ1) is 47.8. The standard InChI is InChI=1S/C49H77N5O29.12Na.4H2O4S/c50-4-2-1-3-5-68-30-6-18(59)26(14-69-30)78-47-35(52)40(65)43(23(11-56)74-47)82-32-8-20(61)28(16-71-32)80-49-37(54)42(67)45(25(13-58)76-49)83-33-9-21(62)29(17-72-33)79-48-36(53)41(66)44(24(12-57)75-48)81-31-7-19(60)27(15-70-31)77-46-34(51)39(64)38(63)22(10-55)73-46;;;;;;;;;;;;;4*1-5(2,3)4/h6-9,14-49,51-67H,1-5,10-13,50H2;;;;;;;;;;;;;4*(H2,1,2,3,4)/q-12;12*+1;;;;/p-4/t18-,19-,20-,21-,22?,23?,24?,25?,26+,27+,28+,29+,30+,31-,32-,33-,34?,35?,36?,37?,38+,39+,40+,41+,42+,43+,44+,45+,46+,47+,48+,49+;;;;;;;;;;;;;;;;/m0................/s1. The molecule has 0 spiro atoms. The number of hydrogen-bond donors (Lipinski definition) is 18. The molecular formula is C49H81N5Na12O45S4-4. The van der Waals surface area contributed by atoms with Crippen LogP contribution in [0.4, 0.5) is 0 Å². The Kier molecular flexibility index (Phi) is 87.9. The Morgan fingerprint density at radius 2 is 0.548 bits per heavy atom. The SMILES string of the molecule is O=S(=O)([O-])O.O=S(=O)([O-])O.O=S(=O)([O-])O.O=S(=O)([O-])O.[NH-]C1[C@@H](O[C@@H]2[CH-]O[C@@H](O[C@@H]3C(CO)O[C@H](O[C@@H]4[CH-]O[C@@H](O[C@@H]5C(CO)O[C@H](O[C@@H]6[CH-]O[C@@H](O[C@@H]7C(CO)O[C@H](O[C@@H]8[CH-]O[C@@H](OCCCCCN)[CH-][C@@H]8O)C([NH-])[C@H]7O)[CH-][C@@H]6O)C([NH-])[C@H]5O)[CH-][C@@H]4O)C([NH-])[C@H]3O)[CH-][C@@H]2O)OC(CO)[C@@H](O)[C@@H]1O.[Na+].[Na+].[Na+].[Na+].[Na+].[Na+].[Na+].[Na+].[Na+].[Na+].[Na+].[Na+]. The van der Waals surface area contributed by atoms with Crippen LogP contribution in [0.15, 0.2) is 0 Å². The molecule has 0 aromatic heterocycles. The van der Waals surface area contributed by atoms with Crippen LogP contribution in [-0.2, 0) is 117 Å². The summed E-state index contributed by atoms with van der Waals surface area (Å²) in [6.07, 6.45) is -33.5. The van der Waals surface area contributed by atoms with Crippen LogP contribution in [0.5, 0.6) is 0 Å². The van der Waals surface area contributed by atoms with E-state index in [0.717, 1.165) is 58.3 Å². The van der Waals surface area contributed by atoms with Crippen molar-refractivity contribution in [2.45, 2.75) is 216 Å². The number of unbranched alkanes of at least 4 members (excludes halogenated alkanes) is 2. The predicted octanol–water partition coefficient (Wildman–Crippen LogP) is -46.4. The molecule has 8 rings (SSSR count). The molecule has 8 heterocycles. The monoisotopic (exact) mass is 1860 g/mol. The summed E-state index contributed by atoms with van der Waals surface area (Å²) >= 11 is 0. The molecule has 50 nitrogen and oxygen atoms in total. The molecule has 0 amide bonds. The molecule has 8 aliphatic rings. The Labute approximate surface area is 929 Å². The van der Waals surface area contributed by atoms with E-state index >= 15 is 0 Å². The summed E-state index contributed by atoms with van der Waals surface area (Å²) in [7, 11) is -19.7. The van der Waals surface area contributed by atoms with E-state index in [1.54, 1.807) is 0 Å². The van der Waals surface area contributed by atoms with Gasteiger partial charge in [0.25, 0.3) is 0 Å². The van der Waals surface area contributed by atoms with E-state index in [1.165, 1.54) is 13.0 Å². The van der Waals surface area contributed by atoms with Crippen LogP contribution in [-0.4, -0.2) is 373 Å². The average molecular weight is 1860 g/mol. The van der Waals surface area contributed by atoms with Crippen molar-refractivity contribution in [3.63, 3.8) is 0 Å². The molecule has 8 aliphatic heterocycles. The molecule has 8 saturated heterocycles. The van der Waals surface area contributed by atoms with Gasteiger partial charge in [0.05, 0.1) is 50.8 Å². The molecule has 0 saturated carbocycles. The molecule has 612 valence electrons. The zero-order valence-electron chi connectivity index (χ0n) is 64.7. The second-order valence-corrected chi connectivity index (χ2v) is 25.8. The smallest absolute Gasteiger partial charge is 0.726 e. The summed E-state index contributed by atoms with van der Waals surface area (Å²) in [5, 5.41) is 138. The molecule has 66 heteroatoms. The number of aliphatic hydroxyl groups is 13. The van der Waals surface area contributed by atoms with Gasteiger partial charge in [0, 0.05) is 31.8 Å². The zero-order chi connectivity index (χ0) is 77.8. The first-order valence-corrected chi connectivity index (χ1v) is 35.2. The first kappa shape index (κ1) is 143. The maximum absolute atomic E-state index is 11.3. The van der Waals surface area contributed by atoms with Crippen LogP contribution >= 0.6 is 0 Å². The van der Waals surface area contributed by atoms with E-state index in [-0.39, 0.29) is 355 Å². The second-order valence-electron chi connectivity index (χ2n) is 22.4. The Morgan fingerprint density at radius 1 is 0.330 bits per heavy atom. The third-order valence-corrected chi connectivity index (χ3v) is 14.8. The van der Waals surface area contributed by atoms with Crippen molar-refractivity contribution in [1.29, 1.82) is 0 Å². The Morgan fingerprint density at radius 3 is 0.774 bits per heavy atom. The third-order valence-electron chi connectivity index (χ3n) is 14.8. The number of hydrogen-bond acceptors (Lipinski definition) is 42. The van der Waals surface area contributed by atoms with Gasteiger partial charge in [0.15, 0.2) is 0 Å². The van der Waals surface area contributed by atoms with Crippen LogP contribution in [0.25, 0.3) is 22.9 Å². The Balaban J connectivity index is -0.000000448. The normalized spacial score (nSPS) is 37.7. The van der Waals surface area contributed by atoms with Gasteiger partial charge in [-0.25, -0.2) is 59.4 Å². The number of nitrogens with one attached hydrogen (secondary N) is 4. The van der Waals surface area contributed by atoms with Crippen molar-refractivity contribution >= 4 is 41.6 Å². The number of aliphatic hydroxyl groups excluding tert-OH is 13. The Bertz CT molecular complexity index is 2800. The van der Waals surface area contributed by atoms with Gasteiger partial charge in [0.1, 0.15) is 74.0 Å². The van der Waals surface area contributed by atoms with Crippen molar-refractivity contribution < 1.29 is 567 Å². The number of rotatable bonds is 24. The van der Waals surface area contributed by atoms with Crippen LogP contribution in [0.1, 0.15) is 19.3 Å². The fraction of sp³-hybridized carbons (Fsp3) is 0.837. The zero-order valence-corrected chi connectivity index (χ0v) is 92.0. The molecule has 0 radical (unpaired) electrons. The molecule has 0 aliphatic carbocycles. The van der Waals surface area contributed by atoms with Crippen LogP contribution in [0.2, 0.25) is 0 Å². The van der Waals surface area contributed by atoms with Gasteiger partial charge in [-0.2, -0.15) is 26.4 Å². The number of ether oxygens (including phenoxy) is 16. The van der Waals surface area contributed by atoms with E-state index in [2.05, 4.69) is 0 Å². The van der Waals surface area contributed by atoms with Crippen molar-refractivity contribution in [2.24, 2.45) is 5.73 Å². The molecule has 32 atom stereocenters. The molecule has 0 aromatic carbocycles. The minimum absolute atomic E-state index is 0. The maximum Gasteiger partial charge on any atom is 1.00 e. The van der Waals surface area contributed by atoms with E-state index in [4.69, 9.17) is 175 Å². The summed E-state index contributed by atoms with van der Waals surface area (Å²) in [5.74, 6) is 0. The molecule has 0 bridgehead atoms. The summed E-state index contributed by atoms with van der Waals surface area (Å²) in [6, 6.07) is -6.40. The summed E-state index contributed by atoms with van der Waals surface area (Å²) in [4.78, 5) is 0. The van der Waals surface area contributed by atoms with Gasteiger partial charge < -0.3 is 189 Å². The summed E-state index contributed by atoms with van der Waals surface area (Å²) < 4.78 is 222. The molecule has 23 N–H and O–H groups in total. The van der Waals surface area contributed by atoms with Gasteiger partial charge >= 0.3 is 355 Å². The van der Waals surface area contributed by atoms with Crippen molar-refractivity contribution in [3.05, 3.63) is 75.0 Å². The van der Waals surface area contributed by atoms with Gasteiger partial charge in [0.2, 0.25) is 41.6 Å². The largest absolute Gasteiger partial charge is 1.00 e. The molecular weight excluding hydrogens is 1780 g/mol. The van der Waals surface area contributed by atoms with E-state index in [1.807, 2.05) is 0 Å². The van der Waals surface area contributed by atoms with Crippen LogP contribution < -0.4 is 360 Å². The topological polar surface area (TPSA) is 842 Å². The quantitative estimate of drug-likeness (QED) is 0.0140. The molecule has 8 unspecified atom stereocenters. The van der Waals surface area contributed by atoms with E-state index < -0.39 is 265 Å². The summed E-state index contributed by atoms with van der Waals surface area (Å²) in [5.41, 5.74) is 39.6. The number of nitrogens with two attached hydrogens (primary N) is 1.